The zero-order valence-corrected chi connectivity index (χ0v) is 11.2. The molecule has 0 saturated carbocycles. The second kappa shape index (κ2) is 4.82. The molecule has 0 radical (unpaired) electrons. The molecule has 19 heavy (non-hydrogen) atoms. The summed E-state index contributed by atoms with van der Waals surface area (Å²) >= 11 is 5.36. The van der Waals surface area contributed by atoms with E-state index < -0.39 is 0 Å². The lowest BCUT2D eigenvalue weighted by molar-refractivity contribution is 0.419. The van der Waals surface area contributed by atoms with Gasteiger partial charge in [0.2, 0.25) is 0 Å². The molecule has 2 aromatic carbocycles. The van der Waals surface area contributed by atoms with Crippen molar-refractivity contribution in [2.24, 2.45) is 0 Å². The predicted octanol–water partition coefficient (Wildman–Crippen LogP) is 3.97. The summed E-state index contributed by atoms with van der Waals surface area (Å²) in [5.74, 6) is 1.52. The van der Waals surface area contributed by atoms with E-state index in [9.17, 15) is 0 Å². The molecule has 0 bridgehead atoms. The number of ether oxygens (including phenoxy) is 1. The monoisotopic (exact) mass is 268 g/mol. The topological polar surface area (TPSA) is 37.9 Å². The van der Waals surface area contributed by atoms with Gasteiger partial charge in [0.15, 0.2) is 0 Å². The van der Waals surface area contributed by atoms with Crippen molar-refractivity contribution in [3.05, 3.63) is 53.2 Å². The maximum atomic E-state index is 5.37. The van der Waals surface area contributed by atoms with Gasteiger partial charge in [0.1, 0.15) is 16.2 Å². The zero-order chi connectivity index (χ0) is 13.2. The molecule has 0 aliphatic rings. The molecule has 3 rings (SSSR count). The minimum Gasteiger partial charge on any atom is -0.495 e. The minimum atomic E-state index is 0.575. The van der Waals surface area contributed by atoms with Gasteiger partial charge in [-0.1, -0.05) is 48.6 Å². The lowest BCUT2D eigenvalue weighted by atomic mass is 10.2. The van der Waals surface area contributed by atoms with Gasteiger partial charge in [0.05, 0.1) is 12.6 Å². The van der Waals surface area contributed by atoms with Crippen LogP contribution < -0.4 is 4.74 Å². The van der Waals surface area contributed by atoms with Crippen molar-refractivity contribution in [1.29, 1.82) is 0 Å². The largest absolute Gasteiger partial charge is 0.495 e. The van der Waals surface area contributed by atoms with Gasteiger partial charge in [-0.2, -0.15) is 0 Å². The average Bonchev–Trinajstić information content (AvgIpc) is 2.47. The highest BCUT2D eigenvalue weighted by molar-refractivity contribution is 7.71. The fourth-order valence-corrected chi connectivity index (χ4v) is 2.31. The number of rotatable bonds is 2. The van der Waals surface area contributed by atoms with Crippen LogP contribution in [0.15, 0.2) is 48.5 Å². The summed E-state index contributed by atoms with van der Waals surface area (Å²) < 4.78 is 5.94. The lowest BCUT2D eigenvalue weighted by Gasteiger charge is -2.08. The number of hydrogen-bond acceptors (Lipinski definition) is 3. The first-order valence-corrected chi connectivity index (χ1v) is 6.33. The highest BCUT2D eigenvalue weighted by Gasteiger charge is 2.07. The molecule has 0 spiro atoms. The molecular formula is C15H12N2OS. The number of nitrogens with one attached hydrogen (secondary N) is 1. The van der Waals surface area contributed by atoms with Gasteiger partial charge < -0.3 is 9.72 Å². The second-order valence-electron chi connectivity index (χ2n) is 4.14. The summed E-state index contributed by atoms with van der Waals surface area (Å²) in [5, 5.41) is 0.897. The number of H-pyrrole nitrogens is 1. The van der Waals surface area contributed by atoms with Gasteiger partial charge in [0, 0.05) is 10.9 Å². The Bertz CT molecular complexity index is 781. The maximum Gasteiger partial charge on any atom is 0.143 e. The summed E-state index contributed by atoms with van der Waals surface area (Å²) in [6.45, 7) is 0. The van der Waals surface area contributed by atoms with Gasteiger partial charge in [0.25, 0.3) is 0 Å². The Morgan fingerprint density at radius 1 is 1.05 bits per heavy atom. The van der Waals surface area contributed by atoms with E-state index in [4.69, 9.17) is 17.0 Å². The average molecular weight is 268 g/mol. The third-order valence-corrected chi connectivity index (χ3v) is 3.29. The normalized spacial score (nSPS) is 10.6. The van der Waals surface area contributed by atoms with Crippen molar-refractivity contribution in [2.75, 3.05) is 7.11 Å². The highest BCUT2D eigenvalue weighted by atomic mass is 32.1. The molecule has 1 heterocycles. The van der Waals surface area contributed by atoms with Crippen LogP contribution in [0.3, 0.4) is 0 Å². The molecule has 0 aliphatic heterocycles. The van der Waals surface area contributed by atoms with E-state index in [-0.39, 0.29) is 0 Å². The molecular weight excluding hydrogens is 256 g/mol. The molecule has 0 atom stereocenters. The summed E-state index contributed by atoms with van der Waals surface area (Å²) in [7, 11) is 1.65. The molecule has 0 fully saturated rings. The smallest absolute Gasteiger partial charge is 0.143 e. The summed E-state index contributed by atoms with van der Waals surface area (Å²) in [4.78, 5) is 7.75. The summed E-state index contributed by atoms with van der Waals surface area (Å²) in [5.41, 5.74) is 1.88. The van der Waals surface area contributed by atoms with Gasteiger partial charge in [-0.3, -0.25) is 0 Å². The number of benzene rings is 2. The van der Waals surface area contributed by atoms with Gasteiger partial charge in [-0.05, 0) is 12.1 Å². The van der Waals surface area contributed by atoms with Crippen molar-refractivity contribution in [2.45, 2.75) is 0 Å². The Hall–Kier alpha value is -2.20. The Labute approximate surface area is 115 Å². The van der Waals surface area contributed by atoms with Crippen molar-refractivity contribution < 1.29 is 4.74 Å². The van der Waals surface area contributed by atoms with Crippen molar-refractivity contribution >= 4 is 23.1 Å². The number of aromatic nitrogens is 2. The third kappa shape index (κ3) is 2.11. The summed E-state index contributed by atoms with van der Waals surface area (Å²) in [6.07, 6.45) is 0. The van der Waals surface area contributed by atoms with Crippen LogP contribution in [-0.2, 0) is 0 Å². The molecule has 94 valence electrons. The quantitative estimate of drug-likeness (QED) is 0.715. The molecule has 1 aromatic heterocycles. The Morgan fingerprint density at radius 3 is 2.58 bits per heavy atom. The van der Waals surface area contributed by atoms with Crippen LogP contribution in [0.5, 0.6) is 5.75 Å². The maximum absolute atomic E-state index is 5.37. The number of aromatic amines is 1. The van der Waals surface area contributed by atoms with Crippen molar-refractivity contribution in [1.82, 2.24) is 9.97 Å². The van der Waals surface area contributed by atoms with Gasteiger partial charge >= 0.3 is 0 Å². The molecule has 4 heteroatoms. The van der Waals surface area contributed by atoms with E-state index in [0.717, 1.165) is 28.0 Å². The predicted molar refractivity (Wildman–Crippen MR) is 78.9 cm³/mol. The van der Waals surface area contributed by atoms with E-state index >= 15 is 0 Å². The number of fused-ring (bicyclic) bond motifs is 1. The van der Waals surface area contributed by atoms with Crippen molar-refractivity contribution in [3.8, 4) is 17.1 Å². The Morgan fingerprint density at radius 2 is 1.84 bits per heavy atom. The Balaban J connectivity index is 2.33. The third-order valence-electron chi connectivity index (χ3n) is 2.98. The second-order valence-corrected chi connectivity index (χ2v) is 4.53. The number of methoxy groups -OCH3 is 1. The molecule has 3 aromatic rings. The van der Waals surface area contributed by atoms with Crippen LogP contribution in [0.25, 0.3) is 22.3 Å². The van der Waals surface area contributed by atoms with Crippen LogP contribution in [0, 0.1) is 4.64 Å². The van der Waals surface area contributed by atoms with Gasteiger partial charge in [-0.15, -0.1) is 0 Å². The molecule has 0 unspecified atom stereocenters. The minimum absolute atomic E-state index is 0.575. The lowest BCUT2D eigenvalue weighted by Crippen LogP contribution is -1.94. The van der Waals surface area contributed by atoms with Crippen LogP contribution >= 0.6 is 12.2 Å². The molecule has 1 N–H and O–H groups in total. The van der Waals surface area contributed by atoms with Crippen LogP contribution in [0.1, 0.15) is 0 Å². The van der Waals surface area contributed by atoms with E-state index in [0.29, 0.717) is 4.64 Å². The van der Waals surface area contributed by atoms with Crippen LogP contribution in [0.4, 0.5) is 0 Å². The number of para-hydroxylation sites is 1. The van der Waals surface area contributed by atoms with E-state index in [1.54, 1.807) is 7.11 Å². The molecule has 0 amide bonds. The van der Waals surface area contributed by atoms with Crippen LogP contribution in [0.2, 0.25) is 0 Å². The van der Waals surface area contributed by atoms with E-state index in [1.165, 1.54) is 0 Å². The number of nitrogens with zero attached hydrogens (tertiary/aromatic N) is 1. The first-order valence-electron chi connectivity index (χ1n) is 5.92. The first kappa shape index (κ1) is 11.9. The highest BCUT2D eigenvalue weighted by Crippen LogP contribution is 2.26. The molecule has 3 nitrogen and oxygen atoms in total. The number of hydrogen-bond donors (Lipinski definition) is 1. The molecule has 0 aliphatic carbocycles. The van der Waals surface area contributed by atoms with Crippen molar-refractivity contribution in [3.63, 3.8) is 0 Å². The standard InChI is InChI=1S/C15H12N2OS/c1-18-12-9-5-8-11-13(12)16-14(17-15(11)19)10-6-3-2-4-7-10/h2-9H,1H3,(H,16,17,19). The fourth-order valence-electron chi connectivity index (χ4n) is 2.05. The van der Waals surface area contributed by atoms with E-state index in [1.807, 2.05) is 48.5 Å². The molecule has 0 saturated heterocycles. The van der Waals surface area contributed by atoms with Crippen LogP contribution in [-0.4, -0.2) is 17.1 Å². The SMILES string of the molecule is COc1cccc2c(=S)nc(-c3ccccc3)[nH]c12. The van der Waals surface area contributed by atoms with E-state index in [2.05, 4.69) is 9.97 Å². The first-order chi connectivity index (χ1) is 9.29. The zero-order valence-electron chi connectivity index (χ0n) is 10.4. The van der Waals surface area contributed by atoms with Gasteiger partial charge in [-0.25, -0.2) is 4.98 Å². The summed E-state index contributed by atoms with van der Waals surface area (Å²) in [6, 6.07) is 15.7. The fraction of sp³-hybridized carbons (Fsp3) is 0.0667. The Kier molecular flexibility index (Phi) is 3.01.